The summed E-state index contributed by atoms with van der Waals surface area (Å²) < 4.78 is 6.58. The molecule has 1 aliphatic heterocycles. The van der Waals surface area contributed by atoms with E-state index in [1.54, 1.807) is 0 Å². The summed E-state index contributed by atoms with van der Waals surface area (Å²) in [5, 5.41) is 0. The minimum Gasteiger partial charge on any atom is -0.444 e. The number of carbonyl (C=O) groups excluding carboxylic acids is 1. The van der Waals surface area contributed by atoms with Gasteiger partial charge < -0.3 is 9.64 Å². The fourth-order valence-electron chi connectivity index (χ4n) is 2.35. The molecule has 1 unspecified atom stereocenters. The first-order valence-electron chi connectivity index (χ1n) is 5.46. The lowest BCUT2D eigenvalue weighted by molar-refractivity contribution is 0.0267. The zero-order valence-corrected chi connectivity index (χ0v) is 11.7. The molecule has 2 rings (SSSR count). The summed E-state index contributed by atoms with van der Waals surface area (Å²) in [4.78, 5) is 13.6. The van der Waals surface area contributed by atoms with Crippen molar-refractivity contribution in [1.82, 2.24) is 4.90 Å². The molecule has 0 bridgehead atoms. The topological polar surface area (TPSA) is 29.5 Å². The maximum absolute atomic E-state index is 11.7. The second kappa shape index (κ2) is 3.79. The average molecular weight is 323 g/mol. The summed E-state index contributed by atoms with van der Waals surface area (Å²) >= 11 is 2.44. The van der Waals surface area contributed by atoms with Gasteiger partial charge in [0.15, 0.2) is 0 Å². The molecule has 0 aromatic heterocycles. The highest BCUT2D eigenvalue weighted by molar-refractivity contribution is 14.1. The fraction of sp³-hybridized carbons (Fsp3) is 0.909. The number of hydrogen-bond acceptors (Lipinski definition) is 2. The van der Waals surface area contributed by atoms with E-state index >= 15 is 0 Å². The van der Waals surface area contributed by atoms with Crippen LogP contribution in [0.2, 0.25) is 0 Å². The van der Waals surface area contributed by atoms with Crippen LogP contribution in [0.5, 0.6) is 0 Å². The van der Waals surface area contributed by atoms with E-state index in [-0.39, 0.29) is 11.7 Å². The van der Waals surface area contributed by atoms with Crippen molar-refractivity contribution in [2.75, 3.05) is 17.5 Å². The number of piperidine rings is 1. The Morgan fingerprint density at radius 2 is 1.93 bits per heavy atom. The smallest absolute Gasteiger partial charge is 0.410 e. The van der Waals surface area contributed by atoms with E-state index in [2.05, 4.69) is 22.6 Å². The van der Waals surface area contributed by atoms with Crippen LogP contribution in [-0.2, 0) is 4.74 Å². The third-order valence-corrected chi connectivity index (χ3v) is 4.22. The highest BCUT2D eigenvalue weighted by Gasteiger charge is 2.56. The molecule has 1 heterocycles. The summed E-state index contributed by atoms with van der Waals surface area (Å²) in [5.74, 6) is 2.38. The first kappa shape index (κ1) is 11.5. The van der Waals surface area contributed by atoms with Gasteiger partial charge in [0.05, 0.1) is 0 Å². The Labute approximate surface area is 105 Å². The average Bonchev–Trinajstić information content (AvgIpc) is 2.54. The quantitative estimate of drug-likeness (QED) is 0.548. The van der Waals surface area contributed by atoms with Crippen LogP contribution in [0.15, 0.2) is 0 Å². The van der Waals surface area contributed by atoms with E-state index in [0.29, 0.717) is 0 Å². The van der Waals surface area contributed by atoms with Gasteiger partial charge in [-0.1, -0.05) is 22.6 Å². The minimum absolute atomic E-state index is 0.137. The predicted octanol–water partition coefficient (Wildman–Crippen LogP) is 2.53. The standard InChI is InChI=1S/C11H18INO2/c1-11(2,3)15-10(14)13-5-8-7(4-12)9(8)6-13/h7-9H,4-6H2,1-3H3/t7?,8-,9+. The molecule has 2 fully saturated rings. The minimum atomic E-state index is -0.369. The van der Waals surface area contributed by atoms with Crippen LogP contribution in [0.3, 0.4) is 0 Å². The number of halogens is 1. The number of nitrogens with zero attached hydrogens (tertiary/aromatic N) is 1. The van der Waals surface area contributed by atoms with Crippen molar-refractivity contribution in [3.63, 3.8) is 0 Å². The molecule has 1 amide bonds. The highest BCUT2D eigenvalue weighted by atomic mass is 127. The van der Waals surface area contributed by atoms with Crippen LogP contribution in [0.25, 0.3) is 0 Å². The Bertz CT molecular complexity index is 262. The van der Waals surface area contributed by atoms with Gasteiger partial charge in [0, 0.05) is 17.5 Å². The monoisotopic (exact) mass is 323 g/mol. The molecule has 0 aromatic carbocycles. The van der Waals surface area contributed by atoms with Crippen molar-refractivity contribution in [2.45, 2.75) is 26.4 Å². The Morgan fingerprint density at radius 3 is 2.33 bits per heavy atom. The molecule has 15 heavy (non-hydrogen) atoms. The Morgan fingerprint density at radius 1 is 1.40 bits per heavy atom. The number of rotatable bonds is 1. The largest absolute Gasteiger partial charge is 0.444 e. The number of amides is 1. The number of carbonyl (C=O) groups is 1. The lowest BCUT2D eigenvalue weighted by Gasteiger charge is -2.25. The molecule has 0 spiro atoms. The summed E-state index contributed by atoms with van der Waals surface area (Å²) in [5.41, 5.74) is -0.369. The molecule has 86 valence electrons. The van der Waals surface area contributed by atoms with Crippen molar-refractivity contribution >= 4 is 28.7 Å². The van der Waals surface area contributed by atoms with Crippen LogP contribution in [0, 0.1) is 17.8 Å². The molecule has 4 heteroatoms. The summed E-state index contributed by atoms with van der Waals surface area (Å²) in [6, 6.07) is 0. The van der Waals surface area contributed by atoms with E-state index in [1.807, 2.05) is 25.7 Å². The number of fused-ring (bicyclic) bond motifs is 1. The number of alkyl halides is 1. The molecule has 1 aliphatic carbocycles. The molecule has 0 aromatic rings. The normalized spacial score (nSPS) is 33.9. The van der Waals surface area contributed by atoms with Gasteiger partial charge in [-0.25, -0.2) is 4.79 Å². The van der Waals surface area contributed by atoms with Crippen molar-refractivity contribution < 1.29 is 9.53 Å². The van der Waals surface area contributed by atoms with Gasteiger partial charge in [0.1, 0.15) is 5.60 Å². The first-order valence-corrected chi connectivity index (χ1v) is 6.99. The summed E-state index contributed by atoms with van der Waals surface area (Å²) in [6.07, 6.45) is -0.137. The lowest BCUT2D eigenvalue weighted by atomic mass is 10.2. The van der Waals surface area contributed by atoms with Crippen LogP contribution >= 0.6 is 22.6 Å². The van der Waals surface area contributed by atoms with Crippen LogP contribution in [-0.4, -0.2) is 34.1 Å². The number of ether oxygens (including phenoxy) is 1. The Kier molecular flexibility index (Phi) is 2.90. The van der Waals surface area contributed by atoms with E-state index in [0.717, 1.165) is 30.8 Å². The van der Waals surface area contributed by atoms with Crippen LogP contribution in [0.4, 0.5) is 4.79 Å². The molecule has 3 atom stereocenters. The third-order valence-electron chi connectivity index (χ3n) is 3.20. The maximum Gasteiger partial charge on any atom is 0.410 e. The second-order valence-corrected chi connectivity index (χ2v) is 6.41. The van der Waals surface area contributed by atoms with Gasteiger partial charge in [-0.3, -0.25) is 0 Å². The summed E-state index contributed by atoms with van der Waals surface area (Å²) in [7, 11) is 0. The maximum atomic E-state index is 11.7. The van der Waals surface area contributed by atoms with Gasteiger partial charge >= 0.3 is 6.09 Å². The SMILES string of the molecule is CC(C)(C)OC(=O)N1C[C@@H]2C(CI)[C@@H]2C1. The molecule has 1 saturated heterocycles. The Hall–Kier alpha value is 0. The summed E-state index contributed by atoms with van der Waals surface area (Å²) in [6.45, 7) is 7.56. The molecular weight excluding hydrogens is 305 g/mol. The fourth-order valence-corrected chi connectivity index (χ4v) is 3.66. The van der Waals surface area contributed by atoms with Crippen molar-refractivity contribution in [3.8, 4) is 0 Å². The van der Waals surface area contributed by atoms with Gasteiger partial charge in [-0.05, 0) is 38.5 Å². The van der Waals surface area contributed by atoms with Gasteiger partial charge in [-0.15, -0.1) is 0 Å². The zero-order chi connectivity index (χ0) is 11.2. The third kappa shape index (κ3) is 2.40. The Balaban J connectivity index is 1.82. The van der Waals surface area contributed by atoms with Gasteiger partial charge in [0.25, 0.3) is 0 Å². The van der Waals surface area contributed by atoms with Crippen LogP contribution < -0.4 is 0 Å². The highest BCUT2D eigenvalue weighted by Crippen LogP contribution is 2.52. The van der Waals surface area contributed by atoms with Crippen molar-refractivity contribution in [2.24, 2.45) is 17.8 Å². The first-order chi connectivity index (χ1) is 6.92. The molecule has 1 saturated carbocycles. The van der Waals surface area contributed by atoms with E-state index < -0.39 is 0 Å². The predicted molar refractivity (Wildman–Crippen MR) is 67.2 cm³/mol. The molecule has 0 N–H and O–H groups in total. The van der Waals surface area contributed by atoms with E-state index in [9.17, 15) is 4.79 Å². The second-order valence-electron chi connectivity index (χ2n) is 5.53. The molecule has 0 radical (unpaired) electrons. The molecular formula is C11H18INO2. The van der Waals surface area contributed by atoms with E-state index in [1.165, 1.54) is 4.43 Å². The van der Waals surface area contributed by atoms with E-state index in [4.69, 9.17) is 4.74 Å². The molecule has 2 aliphatic rings. The molecule has 3 nitrogen and oxygen atoms in total. The van der Waals surface area contributed by atoms with Crippen molar-refractivity contribution in [3.05, 3.63) is 0 Å². The van der Waals surface area contributed by atoms with Crippen molar-refractivity contribution in [1.29, 1.82) is 0 Å². The lowest BCUT2D eigenvalue weighted by Crippen LogP contribution is -2.37. The van der Waals surface area contributed by atoms with Crippen LogP contribution in [0.1, 0.15) is 20.8 Å². The van der Waals surface area contributed by atoms with Gasteiger partial charge in [-0.2, -0.15) is 0 Å². The number of likely N-dealkylation sites (tertiary alicyclic amines) is 1. The number of hydrogen-bond donors (Lipinski definition) is 0. The van der Waals surface area contributed by atoms with Gasteiger partial charge in [0.2, 0.25) is 0 Å². The zero-order valence-electron chi connectivity index (χ0n) is 9.50.